The fourth-order valence-corrected chi connectivity index (χ4v) is 1.97. The lowest BCUT2D eigenvalue weighted by Crippen LogP contribution is -2.30. The number of aromatic nitrogens is 2. The summed E-state index contributed by atoms with van der Waals surface area (Å²) in [6.07, 6.45) is 3.89. The molecule has 4 nitrogen and oxygen atoms in total. The van der Waals surface area contributed by atoms with Crippen molar-refractivity contribution in [3.8, 4) is 0 Å². The maximum absolute atomic E-state index is 5.90. The second-order valence-corrected chi connectivity index (χ2v) is 4.48. The zero-order valence-corrected chi connectivity index (χ0v) is 11.5. The average molecular weight is 257 g/mol. The van der Waals surface area contributed by atoms with Crippen LogP contribution < -0.4 is 10.6 Å². The highest BCUT2D eigenvalue weighted by Gasteiger charge is 2.15. The zero-order valence-electron chi connectivity index (χ0n) is 10.8. The first kappa shape index (κ1) is 14.0. The molecule has 0 spiro atoms. The van der Waals surface area contributed by atoms with Crippen molar-refractivity contribution in [3.05, 3.63) is 11.5 Å². The Labute approximate surface area is 108 Å². The fraction of sp³-hybridized carbons (Fsp3) is 0.667. The average Bonchev–Trinajstić information content (AvgIpc) is 2.34. The van der Waals surface area contributed by atoms with Crippen molar-refractivity contribution in [2.45, 2.75) is 33.6 Å². The van der Waals surface area contributed by atoms with Gasteiger partial charge in [0, 0.05) is 13.1 Å². The number of nitrogen functional groups attached to an aromatic ring is 1. The lowest BCUT2D eigenvalue weighted by Gasteiger charge is -2.27. The molecule has 96 valence electrons. The quantitative estimate of drug-likeness (QED) is 0.795. The monoisotopic (exact) mass is 256 g/mol. The van der Waals surface area contributed by atoms with Crippen LogP contribution in [0, 0.1) is 5.92 Å². The highest BCUT2D eigenvalue weighted by atomic mass is 35.5. The van der Waals surface area contributed by atoms with Crippen LogP contribution in [0.4, 0.5) is 11.5 Å². The van der Waals surface area contributed by atoms with Crippen molar-refractivity contribution < 1.29 is 0 Å². The molecular weight excluding hydrogens is 236 g/mol. The van der Waals surface area contributed by atoms with E-state index in [1.54, 1.807) is 6.20 Å². The van der Waals surface area contributed by atoms with E-state index in [1.165, 1.54) is 0 Å². The SMILES string of the molecule is CCC(CC)CN(CC)c1nc(Cl)ncc1N. The number of halogens is 1. The maximum atomic E-state index is 5.90. The van der Waals surface area contributed by atoms with Crippen molar-refractivity contribution >= 4 is 23.1 Å². The second kappa shape index (κ2) is 6.64. The van der Waals surface area contributed by atoms with E-state index in [9.17, 15) is 0 Å². The van der Waals surface area contributed by atoms with Gasteiger partial charge in [-0.2, -0.15) is 4.98 Å². The molecule has 1 aromatic heterocycles. The molecule has 0 amide bonds. The molecule has 0 radical (unpaired) electrons. The van der Waals surface area contributed by atoms with Gasteiger partial charge in [0.15, 0.2) is 5.82 Å². The smallest absolute Gasteiger partial charge is 0.224 e. The second-order valence-electron chi connectivity index (χ2n) is 4.14. The predicted octanol–water partition coefficient (Wildman–Crippen LogP) is 2.97. The van der Waals surface area contributed by atoms with Crippen LogP contribution in [0.3, 0.4) is 0 Å². The Bertz CT molecular complexity index is 352. The summed E-state index contributed by atoms with van der Waals surface area (Å²) < 4.78 is 0. The third kappa shape index (κ3) is 3.73. The van der Waals surface area contributed by atoms with E-state index in [0.29, 0.717) is 11.6 Å². The molecule has 0 aliphatic rings. The Balaban J connectivity index is 2.89. The van der Waals surface area contributed by atoms with Gasteiger partial charge in [0.1, 0.15) is 0 Å². The molecule has 0 aromatic carbocycles. The molecular formula is C12H21ClN4. The lowest BCUT2D eigenvalue weighted by molar-refractivity contribution is 0.484. The first-order valence-corrected chi connectivity index (χ1v) is 6.53. The molecule has 0 aliphatic heterocycles. The Morgan fingerprint density at radius 1 is 1.35 bits per heavy atom. The third-order valence-electron chi connectivity index (χ3n) is 3.08. The van der Waals surface area contributed by atoms with Gasteiger partial charge in [-0.25, -0.2) is 4.98 Å². The summed E-state index contributed by atoms with van der Waals surface area (Å²) in [6.45, 7) is 8.34. The first-order valence-electron chi connectivity index (χ1n) is 6.15. The highest BCUT2D eigenvalue weighted by molar-refractivity contribution is 6.28. The van der Waals surface area contributed by atoms with Gasteiger partial charge in [0.05, 0.1) is 11.9 Å². The van der Waals surface area contributed by atoms with Gasteiger partial charge in [0.25, 0.3) is 0 Å². The van der Waals surface area contributed by atoms with Crippen LogP contribution in [0.25, 0.3) is 0 Å². The molecule has 5 heteroatoms. The first-order chi connectivity index (χ1) is 8.12. The topological polar surface area (TPSA) is 55.0 Å². The number of hydrogen-bond donors (Lipinski definition) is 1. The van der Waals surface area contributed by atoms with Crippen molar-refractivity contribution in [1.29, 1.82) is 0 Å². The minimum absolute atomic E-state index is 0.247. The van der Waals surface area contributed by atoms with Crippen LogP contribution in [-0.2, 0) is 0 Å². The Hall–Kier alpha value is -1.03. The zero-order chi connectivity index (χ0) is 12.8. The minimum Gasteiger partial charge on any atom is -0.394 e. The van der Waals surface area contributed by atoms with E-state index in [1.807, 2.05) is 0 Å². The van der Waals surface area contributed by atoms with Crippen LogP contribution in [0.2, 0.25) is 5.28 Å². The van der Waals surface area contributed by atoms with Crippen molar-refractivity contribution in [2.24, 2.45) is 5.92 Å². The summed E-state index contributed by atoms with van der Waals surface area (Å²) in [5, 5.41) is 0.247. The molecule has 0 saturated heterocycles. The van der Waals surface area contributed by atoms with E-state index in [-0.39, 0.29) is 5.28 Å². The molecule has 0 aliphatic carbocycles. The summed E-state index contributed by atoms with van der Waals surface area (Å²) in [4.78, 5) is 10.3. The van der Waals surface area contributed by atoms with Gasteiger partial charge in [-0.05, 0) is 24.4 Å². The van der Waals surface area contributed by atoms with Crippen molar-refractivity contribution in [2.75, 3.05) is 23.7 Å². The summed E-state index contributed by atoms with van der Waals surface area (Å²) in [5.41, 5.74) is 6.48. The van der Waals surface area contributed by atoms with Gasteiger partial charge >= 0.3 is 0 Å². The van der Waals surface area contributed by atoms with Crippen LogP contribution in [0.5, 0.6) is 0 Å². The standard InChI is InChI=1S/C12H21ClN4/c1-4-9(5-2)8-17(6-3)11-10(14)7-15-12(13)16-11/h7,9H,4-6,8,14H2,1-3H3. The van der Waals surface area contributed by atoms with Crippen LogP contribution in [-0.4, -0.2) is 23.1 Å². The number of rotatable bonds is 6. The third-order valence-corrected chi connectivity index (χ3v) is 3.26. The van der Waals surface area contributed by atoms with Crippen LogP contribution >= 0.6 is 11.6 Å². The van der Waals surface area contributed by atoms with Gasteiger partial charge < -0.3 is 10.6 Å². The maximum Gasteiger partial charge on any atom is 0.224 e. The van der Waals surface area contributed by atoms with Crippen LogP contribution in [0.15, 0.2) is 6.20 Å². The van der Waals surface area contributed by atoms with E-state index in [2.05, 4.69) is 35.6 Å². The molecule has 1 aromatic rings. The Kier molecular flexibility index (Phi) is 5.48. The fourth-order valence-electron chi connectivity index (χ4n) is 1.84. The van der Waals surface area contributed by atoms with Gasteiger partial charge in [0.2, 0.25) is 5.28 Å². The lowest BCUT2D eigenvalue weighted by atomic mass is 10.0. The molecule has 0 atom stereocenters. The highest BCUT2D eigenvalue weighted by Crippen LogP contribution is 2.23. The minimum atomic E-state index is 0.247. The molecule has 1 rings (SSSR count). The van der Waals surface area contributed by atoms with Crippen LogP contribution in [0.1, 0.15) is 33.6 Å². The number of anilines is 2. The Morgan fingerprint density at radius 2 is 2.00 bits per heavy atom. The predicted molar refractivity (Wildman–Crippen MR) is 73.4 cm³/mol. The number of hydrogen-bond acceptors (Lipinski definition) is 4. The number of nitrogens with zero attached hydrogens (tertiary/aromatic N) is 3. The van der Waals surface area contributed by atoms with Gasteiger partial charge in [-0.1, -0.05) is 26.7 Å². The summed E-state index contributed by atoms with van der Waals surface area (Å²) in [7, 11) is 0. The summed E-state index contributed by atoms with van der Waals surface area (Å²) in [5.74, 6) is 1.41. The van der Waals surface area contributed by atoms with Crippen molar-refractivity contribution in [1.82, 2.24) is 9.97 Å². The molecule has 0 bridgehead atoms. The van der Waals surface area contributed by atoms with Crippen molar-refractivity contribution in [3.63, 3.8) is 0 Å². The Morgan fingerprint density at radius 3 is 2.53 bits per heavy atom. The van der Waals surface area contributed by atoms with Gasteiger partial charge in [-0.3, -0.25) is 0 Å². The van der Waals surface area contributed by atoms with E-state index >= 15 is 0 Å². The normalized spacial score (nSPS) is 10.9. The largest absolute Gasteiger partial charge is 0.394 e. The molecule has 17 heavy (non-hydrogen) atoms. The van der Waals surface area contributed by atoms with E-state index in [0.717, 1.165) is 31.7 Å². The van der Waals surface area contributed by atoms with E-state index in [4.69, 9.17) is 17.3 Å². The molecule has 0 fully saturated rings. The summed E-state index contributed by atoms with van der Waals surface area (Å²) >= 11 is 5.82. The number of nitrogens with two attached hydrogens (primary N) is 1. The molecule has 2 N–H and O–H groups in total. The molecule has 1 heterocycles. The van der Waals surface area contributed by atoms with E-state index < -0.39 is 0 Å². The summed E-state index contributed by atoms with van der Waals surface area (Å²) in [6, 6.07) is 0. The van der Waals surface area contributed by atoms with Gasteiger partial charge in [-0.15, -0.1) is 0 Å². The molecule has 0 saturated carbocycles. The molecule has 0 unspecified atom stereocenters.